The summed E-state index contributed by atoms with van der Waals surface area (Å²) >= 11 is 0. The summed E-state index contributed by atoms with van der Waals surface area (Å²) < 4.78 is 47.2. The Balaban J connectivity index is 1.82. The maximum absolute atomic E-state index is 13.1. The van der Waals surface area contributed by atoms with E-state index in [0.29, 0.717) is 25.2 Å². The van der Waals surface area contributed by atoms with Crippen LogP contribution in [0.15, 0.2) is 60.3 Å². The Morgan fingerprint density at radius 3 is 2.36 bits per heavy atom. The summed E-state index contributed by atoms with van der Waals surface area (Å²) in [7, 11) is 0. The van der Waals surface area contributed by atoms with Gasteiger partial charge in [0.15, 0.2) is 0 Å². The molecule has 1 N–H and O–H groups in total. The number of carbonyl (C=O) groups is 2. The smallest absolute Gasteiger partial charge is 0.406 e. The van der Waals surface area contributed by atoms with Gasteiger partial charge in [-0.2, -0.15) is 0 Å². The molecular formula is C24H25F3N2O4. The first-order chi connectivity index (χ1) is 15.8. The summed E-state index contributed by atoms with van der Waals surface area (Å²) in [6, 6.07) is 13.8. The van der Waals surface area contributed by atoms with E-state index >= 15 is 0 Å². The minimum absolute atomic E-state index is 0.00209. The van der Waals surface area contributed by atoms with Crippen molar-refractivity contribution in [3.05, 3.63) is 65.9 Å². The first-order valence-electron chi connectivity index (χ1n) is 10.7. The summed E-state index contributed by atoms with van der Waals surface area (Å²) in [4.78, 5) is 27.4. The topological polar surface area (TPSA) is 67.9 Å². The molecule has 2 aromatic rings. The highest BCUT2D eigenvalue weighted by atomic mass is 19.4. The number of amides is 2. The molecule has 0 aliphatic carbocycles. The predicted molar refractivity (Wildman–Crippen MR) is 117 cm³/mol. The van der Waals surface area contributed by atoms with E-state index in [2.05, 4.69) is 17.0 Å². The molecule has 0 saturated carbocycles. The lowest BCUT2D eigenvalue weighted by Gasteiger charge is -2.15. The fraction of sp³-hybridized carbons (Fsp3) is 0.333. The van der Waals surface area contributed by atoms with Gasteiger partial charge in [0.2, 0.25) is 0 Å². The highest BCUT2D eigenvalue weighted by molar-refractivity contribution is 6.36. The molecule has 1 heterocycles. The quantitative estimate of drug-likeness (QED) is 0.377. The van der Waals surface area contributed by atoms with Crippen molar-refractivity contribution in [1.29, 1.82) is 0 Å². The maximum atomic E-state index is 13.1. The molecule has 0 unspecified atom stereocenters. The summed E-state index contributed by atoms with van der Waals surface area (Å²) in [5.41, 5.74) is 0.880. The van der Waals surface area contributed by atoms with E-state index in [1.54, 1.807) is 30.3 Å². The molecule has 0 saturated heterocycles. The second-order valence-electron chi connectivity index (χ2n) is 7.40. The van der Waals surface area contributed by atoms with Crippen molar-refractivity contribution in [1.82, 2.24) is 4.90 Å². The number of alkyl halides is 3. The Morgan fingerprint density at radius 2 is 1.67 bits per heavy atom. The molecule has 2 amide bonds. The van der Waals surface area contributed by atoms with Gasteiger partial charge in [-0.3, -0.25) is 14.5 Å². The fourth-order valence-electron chi connectivity index (χ4n) is 3.36. The van der Waals surface area contributed by atoms with Gasteiger partial charge in [0.25, 0.3) is 11.8 Å². The molecule has 3 rings (SSSR count). The van der Waals surface area contributed by atoms with Gasteiger partial charge in [0.1, 0.15) is 11.4 Å². The normalized spacial score (nSPS) is 14.2. The number of hydrogen-bond acceptors (Lipinski definition) is 5. The first kappa shape index (κ1) is 24.3. The zero-order valence-electron chi connectivity index (χ0n) is 18.2. The zero-order valence-corrected chi connectivity index (χ0v) is 18.2. The third-order valence-electron chi connectivity index (χ3n) is 4.88. The number of anilines is 1. The molecule has 0 atom stereocenters. The monoisotopic (exact) mass is 462 g/mol. The van der Waals surface area contributed by atoms with Crippen LogP contribution in [0.4, 0.5) is 18.9 Å². The molecule has 0 spiro atoms. The van der Waals surface area contributed by atoms with Crippen molar-refractivity contribution < 1.29 is 32.2 Å². The molecule has 0 fully saturated rings. The van der Waals surface area contributed by atoms with Crippen LogP contribution >= 0.6 is 0 Å². The van der Waals surface area contributed by atoms with E-state index in [0.717, 1.165) is 29.9 Å². The number of benzene rings is 2. The average Bonchev–Trinajstić information content (AvgIpc) is 3.00. The van der Waals surface area contributed by atoms with Crippen LogP contribution in [0.3, 0.4) is 0 Å². The molecule has 2 aromatic carbocycles. The Bertz CT molecular complexity index is 1010. The number of carbonyl (C=O) groups excluding carboxylic acids is 2. The van der Waals surface area contributed by atoms with Gasteiger partial charge in [-0.15, -0.1) is 13.2 Å². The third-order valence-corrected chi connectivity index (χ3v) is 4.88. The number of halogens is 3. The van der Waals surface area contributed by atoms with Crippen LogP contribution in [0, 0.1) is 0 Å². The Kier molecular flexibility index (Phi) is 8.11. The van der Waals surface area contributed by atoms with Crippen LogP contribution in [0.25, 0.3) is 5.57 Å². The van der Waals surface area contributed by atoms with Crippen molar-refractivity contribution >= 4 is 23.1 Å². The van der Waals surface area contributed by atoms with Crippen molar-refractivity contribution in [2.75, 3.05) is 25.1 Å². The molecule has 0 bridgehead atoms. The molecule has 9 heteroatoms. The first-order valence-corrected chi connectivity index (χ1v) is 10.7. The van der Waals surface area contributed by atoms with Gasteiger partial charge in [0.05, 0.1) is 5.57 Å². The zero-order chi connectivity index (χ0) is 23.8. The van der Waals surface area contributed by atoms with Gasteiger partial charge in [-0.05, 0) is 30.5 Å². The molecule has 0 radical (unpaired) electrons. The number of hydrogen-bond donors (Lipinski definition) is 1. The second-order valence-corrected chi connectivity index (χ2v) is 7.40. The summed E-state index contributed by atoms with van der Waals surface area (Å²) in [5, 5.41) is 2.83. The van der Waals surface area contributed by atoms with Crippen LogP contribution in [-0.2, 0) is 14.3 Å². The van der Waals surface area contributed by atoms with Crippen molar-refractivity contribution in [3.63, 3.8) is 0 Å². The lowest BCUT2D eigenvalue weighted by atomic mass is 10.0. The van der Waals surface area contributed by atoms with Crippen LogP contribution in [0.2, 0.25) is 0 Å². The third kappa shape index (κ3) is 6.58. The van der Waals surface area contributed by atoms with E-state index in [1.165, 1.54) is 12.1 Å². The molecule has 33 heavy (non-hydrogen) atoms. The molecular weight excluding hydrogens is 437 g/mol. The summed E-state index contributed by atoms with van der Waals surface area (Å²) in [6.07, 6.45) is -2.42. The lowest BCUT2D eigenvalue weighted by Crippen LogP contribution is -2.34. The Morgan fingerprint density at radius 1 is 0.939 bits per heavy atom. The molecule has 1 aliphatic heterocycles. The number of rotatable bonds is 11. The number of unbranched alkanes of at least 4 members (excludes halogenated alkanes) is 1. The van der Waals surface area contributed by atoms with Gasteiger partial charge in [0, 0.05) is 31.5 Å². The summed E-state index contributed by atoms with van der Waals surface area (Å²) in [5.74, 6) is -1.45. The number of imide groups is 1. The standard InChI is InChI=1S/C24H25F3N2O4/c1-2-3-14-32-15-8-13-29-22(30)20(17-9-5-4-6-10-17)21(23(29)31)28-18-11-7-12-19(16-18)33-24(25,26)27/h4-7,9-12,16,28H,2-3,8,13-15H2,1H3. The van der Waals surface area contributed by atoms with E-state index in [9.17, 15) is 22.8 Å². The molecule has 176 valence electrons. The number of ether oxygens (including phenoxy) is 2. The molecule has 0 aromatic heterocycles. The van der Waals surface area contributed by atoms with Crippen LogP contribution in [-0.4, -0.2) is 42.8 Å². The highest BCUT2D eigenvalue weighted by Gasteiger charge is 2.39. The van der Waals surface area contributed by atoms with Gasteiger partial charge >= 0.3 is 6.36 Å². The molecule has 1 aliphatic rings. The van der Waals surface area contributed by atoms with Crippen LogP contribution in [0.1, 0.15) is 31.7 Å². The highest BCUT2D eigenvalue weighted by Crippen LogP contribution is 2.32. The van der Waals surface area contributed by atoms with E-state index in [-0.39, 0.29) is 23.5 Å². The lowest BCUT2D eigenvalue weighted by molar-refractivity contribution is -0.274. The second kappa shape index (κ2) is 11.0. The Hall–Kier alpha value is -3.33. The SMILES string of the molecule is CCCCOCCCN1C(=O)C(Nc2cccc(OC(F)(F)F)c2)=C(c2ccccc2)C1=O. The van der Waals surface area contributed by atoms with Gasteiger partial charge in [-0.1, -0.05) is 49.7 Å². The minimum atomic E-state index is -4.85. The summed E-state index contributed by atoms with van der Waals surface area (Å²) in [6.45, 7) is 3.26. The van der Waals surface area contributed by atoms with E-state index < -0.39 is 23.9 Å². The maximum Gasteiger partial charge on any atom is 0.573 e. The van der Waals surface area contributed by atoms with Crippen LogP contribution in [0.5, 0.6) is 5.75 Å². The average molecular weight is 462 g/mol. The van der Waals surface area contributed by atoms with Gasteiger partial charge in [-0.25, -0.2) is 0 Å². The van der Waals surface area contributed by atoms with E-state index in [1.807, 2.05) is 0 Å². The minimum Gasteiger partial charge on any atom is -0.406 e. The number of nitrogens with one attached hydrogen (secondary N) is 1. The van der Waals surface area contributed by atoms with Crippen molar-refractivity contribution in [2.24, 2.45) is 0 Å². The van der Waals surface area contributed by atoms with E-state index in [4.69, 9.17) is 4.74 Å². The molecule has 6 nitrogen and oxygen atoms in total. The Labute approximate surface area is 190 Å². The largest absolute Gasteiger partial charge is 0.573 e. The van der Waals surface area contributed by atoms with Crippen LogP contribution < -0.4 is 10.1 Å². The van der Waals surface area contributed by atoms with Crippen molar-refractivity contribution in [3.8, 4) is 5.75 Å². The number of nitrogens with zero attached hydrogens (tertiary/aromatic N) is 1. The van der Waals surface area contributed by atoms with Gasteiger partial charge < -0.3 is 14.8 Å². The van der Waals surface area contributed by atoms with Crippen molar-refractivity contribution in [2.45, 2.75) is 32.5 Å². The fourth-order valence-corrected chi connectivity index (χ4v) is 3.36. The predicted octanol–water partition coefficient (Wildman–Crippen LogP) is 4.98.